The highest BCUT2D eigenvalue weighted by Gasteiger charge is 2.12. The van der Waals surface area contributed by atoms with Crippen molar-refractivity contribution in [1.82, 2.24) is 4.98 Å². The van der Waals surface area contributed by atoms with Gasteiger partial charge in [-0.2, -0.15) is 0 Å². The number of rotatable bonds is 3. The van der Waals surface area contributed by atoms with E-state index in [0.717, 1.165) is 0 Å². The molecular weight excluding hydrogens is 166 g/mol. The second kappa shape index (κ2) is 3.45. The summed E-state index contributed by atoms with van der Waals surface area (Å²) in [5.74, 6) is -1.02. The highest BCUT2D eigenvalue weighted by atomic mass is 32.1. The Hall–Kier alpha value is -0.940. The van der Waals surface area contributed by atoms with Crippen molar-refractivity contribution < 1.29 is 15.0 Å². The van der Waals surface area contributed by atoms with E-state index >= 15 is 0 Å². The van der Waals surface area contributed by atoms with E-state index in [-0.39, 0.29) is 6.42 Å². The monoisotopic (exact) mass is 173 g/mol. The maximum Gasteiger partial charge on any atom is 0.306 e. The van der Waals surface area contributed by atoms with Gasteiger partial charge in [0.25, 0.3) is 0 Å². The summed E-state index contributed by atoms with van der Waals surface area (Å²) in [6, 6.07) is 0. The van der Waals surface area contributed by atoms with E-state index < -0.39 is 12.1 Å². The van der Waals surface area contributed by atoms with Crippen molar-refractivity contribution >= 4 is 17.3 Å². The summed E-state index contributed by atoms with van der Waals surface area (Å²) < 4.78 is 0. The van der Waals surface area contributed by atoms with Crippen molar-refractivity contribution in [3.05, 3.63) is 16.6 Å². The molecular formula is C6H7NO3S. The predicted molar refractivity (Wildman–Crippen MR) is 39.3 cm³/mol. The molecule has 0 unspecified atom stereocenters. The molecule has 0 fully saturated rings. The van der Waals surface area contributed by atoms with Gasteiger partial charge < -0.3 is 10.2 Å². The van der Waals surface area contributed by atoms with Crippen LogP contribution in [0.2, 0.25) is 0 Å². The third kappa shape index (κ3) is 2.28. The van der Waals surface area contributed by atoms with Crippen LogP contribution in [0.4, 0.5) is 0 Å². The van der Waals surface area contributed by atoms with Gasteiger partial charge in [-0.3, -0.25) is 4.79 Å². The minimum absolute atomic E-state index is 0.288. The molecule has 2 N–H and O–H groups in total. The average molecular weight is 173 g/mol. The Morgan fingerprint density at radius 2 is 2.55 bits per heavy atom. The van der Waals surface area contributed by atoms with Crippen molar-refractivity contribution in [3.63, 3.8) is 0 Å². The molecule has 0 saturated carbocycles. The number of aromatic nitrogens is 1. The van der Waals surface area contributed by atoms with Gasteiger partial charge in [-0.1, -0.05) is 0 Å². The number of aliphatic hydroxyl groups is 1. The van der Waals surface area contributed by atoms with E-state index in [1.54, 1.807) is 10.9 Å². The number of carbonyl (C=O) groups is 1. The molecule has 60 valence electrons. The Balaban J connectivity index is 2.56. The topological polar surface area (TPSA) is 70.4 Å². The fraction of sp³-hybridized carbons (Fsp3) is 0.333. The quantitative estimate of drug-likeness (QED) is 0.704. The molecule has 1 rings (SSSR count). The Kier molecular flexibility index (Phi) is 2.56. The van der Waals surface area contributed by atoms with Gasteiger partial charge in [0, 0.05) is 5.38 Å². The number of aliphatic carboxylic acids is 1. The first kappa shape index (κ1) is 8.16. The van der Waals surface area contributed by atoms with E-state index in [4.69, 9.17) is 10.2 Å². The first-order valence-corrected chi connectivity index (χ1v) is 3.92. The molecule has 1 aromatic rings. The Morgan fingerprint density at radius 1 is 1.82 bits per heavy atom. The number of hydrogen-bond donors (Lipinski definition) is 2. The molecule has 0 aliphatic rings. The van der Waals surface area contributed by atoms with Crippen LogP contribution >= 0.6 is 11.3 Å². The van der Waals surface area contributed by atoms with E-state index in [1.165, 1.54) is 11.3 Å². The molecule has 0 aromatic carbocycles. The summed E-state index contributed by atoms with van der Waals surface area (Å²) in [5, 5.41) is 19.1. The molecule has 0 aliphatic carbocycles. The van der Waals surface area contributed by atoms with Gasteiger partial charge in [0.2, 0.25) is 0 Å². The summed E-state index contributed by atoms with van der Waals surface area (Å²) >= 11 is 1.33. The lowest BCUT2D eigenvalue weighted by Gasteiger charge is -2.01. The fourth-order valence-corrected chi connectivity index (χ4v) is 1.26. The van der Waals surface area contributed by atoms with Crippen molar-refractivity contribution in [2.45, 2.75) is 12.5 Å². The minimum Gasteiger partial charge on any atom is -0.481 e. The Morgan fingerprint density at radius 3 is 3.00 bits per heavy atom. The molecule has 4 nitrogen and oxygen atoms in total. The van der Waals surface area contributed by atoms with Crippen LogP contribution in [-0.4, -0.2) is 21.2 Å². The smallest absolute Gasteiger partial charge is 0.306 e. The number of hydrogen-bond acceptors (Lipinski definition) is 4. The van der Waals surface area contributed by atoms with Crippen LogP contribution in [0.15, 0.2) is 10.9 Å². The highest BCUT2D eigenvalue weighted by Crippen LogP contribution is 2.15. The molecule has 1 atom stereocenters. The van der Waals surface area contributed by atoms with Crippen LogP contribution in [0, 0.1) is 0 Å². The maximum absolute atomic E-state index is 10.1. The van der Waals surface area contributed by atoms with Gasteiger partial charge in [0.15, 0.2) is 0 Å². The zero-order valence-electron chi connectivity index (χ0n) is 5.60. The third-order valence-electron chi connectivity index (χ3n) is 1.16. The first-order chi connectivity index (χ1) is 5.20. The van der Waals surface area contributed by atoms with Crippen LogP contribution in [0.5, 0.6) is 0 Å². The lowest BCUT2D eigenvalue weighted by molar-refractivity contribution is -0.139. The zero-order chi connectivity index (χ0) is 8.27. The van der Waals surface area contributed by atoms with Crippen molar-refractivity contribution in [2.24, 2.45) is 0 Å². The Bertz CT molecular complexity index is 234. The van der Waals surface area contributed by atoms with Crippen LogP contribution in [-0.2, 0) is 4.79 Å². The molecule has 0 spiro atoms. The van der Waals surface area contributed by atoms with Gasteiger partial charge in [0.1, 0.15) is 6.10 Å². The second-order valence-corrected chi connectivity index (χ2v) is 2.75. The fourth-order valence-electron chi connectivity index (χ4n) is 0.656. The maximum atomic E-state index is 10.1. The van der Waals surface area contributed by atoms with Gasteiger partial charge in [-0.05, 0) is 0 Å². The number of aliphatic hydroxyl groups excluding tert-OH is 1. The summed E-state index contributed by atoms with van der Waals surface area (Å²) in [4.78, 5) is 13.9. The number of carboxylic acid groups (broad SMARTS) is 1. The number of nitrogens with zero attached hydrogens (tertiary/aromatic N) is 1. The van der Waals surface area contributed by atoms with Crippen LogP contribution in [0.3, 0.4) is 0 Å². The predicted octanol–water partition coefficient (Wildman–Crippen LogP) is 0.651. The molecule has 0 bridgehead atoms. The molecule has 1 heterocycles. The molecule has 11 heavy (non-hydrogen) atoms. The summed E-state index contributed by atoms with van der Waals surface area (Å²) in [5.41, 5.74) is 1.98. The lowest BCUT2D eigenvalue weighted by Crippen LogP contribution is -2.05. The first-order valence-electron chi connectivity index (χ1n) is 2.98. The number of thiazole rings is 1. The molecule has 0 saturated heterocycles. The van der Waals surface area contributed by atoms with Gasteiger partial charge >= 0.3 is 5.97 Å². The normalized spacial score (nSPS) is 12.8. The SMILES string of the molecule is O=C(O)C[C@@H](O)c1cscn1. The van der Waals surface area contributed by atoms with Crippen LogP contribution < -0.4 is 0 Å². The summed E-state index contributed by atoms with van der Waals surface area (Å²) in [6.45, 7) is 0. The standard InChI is InChI=1S/C6H7NO3S/c8-5(1-6(9)10)4-2-11-3-7-4/h2-3,5,8H,1H2,(H,9,10)/t5-/m1/s1. The molecule has 0 amide bonds. The van der Waals surface area contributed by atoms with Crippen molar-refractivity contribution in [1.29, 1.82) is 0 Å². The number of carboxylic acids is 1. The van der Waals surface area contributed by atoms with E-state index in [1.807, 2.05) is 0 Å². The van der Waals surface area contributed by atoms with Gasteiger partial charge in [-0.15, -0.1) is 11.3 Å². The average Bonchev–Trinajstić information content (AvgIpc) is 2.35. The van der Waals surface area contributed by atoms with Crippen LogP contribution in [0.25, 0.3) is 0 Å². The molecule has 1 aromatic heterocycles. The van der Waals surface area contributed by atoms with Crippen LogP contribution in [0.1, 0.15) is 18.2 Å². The van der Waals surface area contributed by atoms with Gasteiger partial charge in [0.05, 0.1) is 17.6 Å². The molecule has 0 aliphatic heterocycles. The summed E-state index contributed by atoms with van der Waals surface area (Å²) in [7, 11) is 0. The van der Waals surface area contributed by atoms with Gasteiger partial charge in [-0.25, -0.2) is 4.98 Å². The molecule has 5 heteroatoms. The highest BCUT2D eigenvalue weighted by molar-refractivity contribution is 7.07. The largest absolute Gasteiger partial charge is 0.481 e. The van der Waals surface area contributed by atoms with Crippen molar-refractivity contribution in [2.75, 3.05) is 0 Å². The van der Waals surface area contributed by atoms with E-state index in [2.05, 4.69) is 4.98 Å². The second-order valence-electron chi connectivity index (χ2n) is 2.03. The van der Waals surface area contributed by atoms with E-state index in [9.17, 15) is 4.79 Å². The lowest BCUT2D eigenvalue weighted by atomic mass is 10.2. The Labute approximate surface area is 67.1 Å². The summed E-state index contributed by atoms with van der Waals surface area (Å²) in [6.07, 6.45) is -1.26. The minimum atomic E-state index is -1.02. The zero-order valence-corrected chi connectivity index (χ0v) is 6.41. The third-order valence-corrected chi connectivity index (χ3v) is 1.77. The van der Waals surface area contributed by atoms with E-state index in [0.29, 0.717) is 5.69 Å². The molecule has 0 radical (unpaired) electrons. The van der Waals surface area contributed by atoms with Crippen molar-refractivity contribution in [3.8, 4) is 0 Å².